The molecule has 110 valence electrons. The summed E-state index contributed by atoms with van der Waals surface area (Å²) in [5, 5.41) is 3.56. The van der Waals surface area contributed by atoms with Crippen LogP contribution >= 0.6 is 0 Å². The normalized spacial score (nSPS) is 23.2. The van der Waals surface area contributed by atoms with Crippen molar-refractivity contribution >= 4 is 0 Å². The van der Waals surface area contributed by atoms with E-state index < -0.39 is 0 Å². The Balaban J connectivity index is 1.66. The Bertz CT molecular complexity index is 445. The van der Waals surface area contributed by atoms with Gasteiger partial charge in [0.1, 0.15) is 0 Å². The SMILES string of the molecule is Cc1cccc(CN(CC2CCCNC2)C2CC2)c1C. The van der Waals surface area contributed by atoms with Crippen LogP contribution in [0.3, 0.4) is 0 Å². The van der Waals surface area contributed by atoms with Gasteiger partial charge < -0.3 is 5.32 Å². The molecule has 1 atom stereocenters. The summed E-state index contributed by atoms with van der Waals surface area (Å²) in [6.45, 7) is 9.37. The lowest BCUT2D eigenvalue weighted by molar-refractivity contribution is 0.192. The van der Waals surface area contributed by atoms with E-state index in [9.17, 15) is 0 Å². The van der Waals surface area contributed by atoms with E-state index in [-0.39, 0.29) is 0 Å². The Kier molecular flexibility index (Phi) is 4.42. The largest absolute Gasteiger partial charge is 0.316 e. The quantitative estimate of drug-likeness (QED) is 0.885. The van der Waals surface area contributed by atoms with Crippen molar-refractivity contribution in [3.63, 3.8) is 0 Å². The number of benzene rings is 1. The second kappa shape index (κ2) is 6.28. The van der Waals surface area contributed by atoms with Crippen molar-refractivity contribution in [3.8, 4) is 0 Å². The second-order valence-corrected chi connectivity index (χ2v) is 6.73. The number of nitrogens with zero attached hydrogens (tertiary/aromatic N) is 1. The number of nitrogens with one attached hydrogen (secondary N) is 1. The molecule has 1 aromatic rings. The molecular weight excluding hydrogens is 244 g/mol. The number of piperidine rings is 1. The zero-order chi connectivity index (χ0) is 13.9. The summed E-state index contributed by atoms with van der Waals surface area (Å²) in [5.74, 6) is 0.856. The molecule has 0 bridgehead atoms. The van der Waals surface area contributed by atoms with E-state index in [0.29, 0.717) is 0 Å². The third kappa shape index (κ3) is 3.42. The summed E-state index contributed by atoms with van der Waals surface area (Å²) in [7, 11) is 0. The summed E-state index contributed by atoms with van der Waals surface area (Å²) in [6.07, 6.45) is 5.58. The van der Waals surface area contributed by atoms with Gasteiger partial charge in [0.15, 0.2) is 0 Å². The minimum Gasteiger partial charge on any atom is -0.316 e. The molecule has 1 aromatic carbocycles. The van der Waals surface area contributed by atoms with Crippen LogP contribution in [0.4, 0.5) is 0 Å². The van der Waals surface area contributed by atoms with E-state index in [4.69, 9.17) is 0 Å². The maximum absolute atomic E-state index is 3.56. The molecule has 0 spiro atoms. The van der Waals surface area contributed by atoms with Gasteiger partial charge in [-0.15, -0.1) is 0 Å². The van der Waals surface area contributed by atoms with Crippen LogP contribution in [-0.4, -0.2) is 30.6 Å². The van der Waals surface area contributed by atoms with Gasteiger partial charge in [0.25, 0.3) is 0 Å². The van der Waals surface area contributed by atoms with Gasteiger partial charge in [-0.05, 0) is 75.2 Å². The van der Waals surface area contributed by atoms with Gasteiger partial charge in [-0.1, -0.05) is 18.2 Å². The van der Waals surface area contributed by atoms with E-state index >= 15 is 0 Å². The standard InChI is InChI=1S/C18H28N2/c1-14-5-3-7-17(15(14)2)13-20(18-8-9-18)12-16-6-4-10-19-11-16/h3,5,7,16,18-19H,4,6,8-13H2,1-2H3. The van der Waals surface area contributed by atoms with Crippen molar-refractivity contribution in [2.45, 2.75) is 52.1 Å². The van der Waals surface area contributed by atoms with Crippen molar-refractivity contribution in [2.24, 2.45) is 5.92 Å². The first kappa shape index (κ1) is 14.1. The van der Waals surface area contributed by atoms with E-state index in [1.54, 1.807) is 0 Å². The molecule has 3 rings (SSSR count). The smallest absolute Gasteiger partial charge is 0.0239 e. The lowest BCUT2D eigenvalue weighted by atomic mass is 9.98. The molecule has 2 heteroatoms. The van der Waals surface area contributed by atoms with Crippen LogP contribution in [0.25, 0.3) is 0 Å². The van der Waals surface area contributed by atoms with Crippen molar-refractivity contribution in [3.05, 3.63) is 34.9 Å². The predicted octanol–water partition coefficient (Wildman–Crippen LogP) is 3.27. The van der Waals surface area contributed by atoms with Gasteiger partial charge in [-0.2, -0.15) is 0 Å². The first-order valence-electron chi connectivity index (χ1n) is 8.24. The van der Waals surface area contributed by atoms with E-state index in [0.717, 1.165) is 18.5 Å². The predicted molar refractivity (Wildman–Crippen MR) is 84.9 cm³/mol. The molecule has 1 N–H and O–H groups in total. The average molecular weight is 272 g/mol. The van der Waals surface area contributed by atoms with Crippen molar-refractivity contribution in [1.82, 2.24) is 10.2 Å². The molecule has 1 unspecified atom stereocenters. The maximum Gasteiger partial charge on any atom is 0.0239 e. The van der Waals surface area contributed by atoms with Crippen LogP contribution in [0.1, 0.15) is 42.4 Å². The average Bonchev–Trinajstić information content (AvgIpc) is 3.29. The van der Waals surface area contributed by atoms with Gasteiger partial charge in [0, 0.05) is 19.1 Å². The molecule has 2 fully saturated rings. The molecule has 0 aromatic heterocycles. The Morgan fingerprint density at radius 3 is 2.75 bits per heavy atom. The lowest BCUT2D eigenvalue weighted by Gasteiger charge is -2.30. The van der Waals surface area contributed by atoms with Gasteiger partial charge in [-0.25, -0.2) is 0 Å². The highest BCUT2D eigenvalue weighted by atomic mass is 15.2. The first-order chi connectivity index (χ1) is 9.74. The third-order valence-corrected chi connectivity index (χ3v) is 5.05. The number of hydrogen-bond acceptors (Lipinski definition) is 2. The van der Waals surface area contributed by atoms with Crippen LogP contribution in [-0.2, 0) is 6.54 Å². The third-order valence-electron chi connectivity index (χ3n) is 5.05. The number of aryl methyl sites for hydroxylation is 1. The highest BCUT2D eigenvalue weighted by Gasteiger charge is 2.31. The van der Waals surface area contributed by atoms with Crippen LogP contribution in [0.5, 0.6) is 0 Å². The topological polar surface area (TPSA) is 15.3 Å². The molecule has 1 aliphatic heterocycles. The highest BCUT2D eigenvalue weighted by Crippen LogP contribution is 2.30. The van der Waals surface area contributed by atoms with E-state index in [1.807, 2.05) is 0 Å². The summed E-state index contributed by atoms with van der Waals surface area (Å²) in [4.78, 5) is 2.75. The zero-order valence-corrected chi connectivity index (χ0v) is 13.0. The molecule has 1 saturated heterocycles. The second-order valence-electron chi connectivity index (χ2n) is 6.73. The summed E-state index contributed by atoms with van der Waals surface area (Å²) >= 11 is 0. The Labute approximate surface area is 123 Å². The minimum absolute atomic E-state index is 0.856. The molecule has 1 heterocycles. The fourth-order valence-electron chi connectivity index (χ4n) is 3.40. The van der Waals surface area contributed by atoms with Crippen molar-refractivity contribution in [2.75, 3.05) is 19.6 Å². The summed E-state index contributed by atoms with van der Waals surface area (Å²) in [5.41, 5.74) is 4.44. The maximum atomic E-state index is 3.56. The molecule has 2 aliphatic rings. The lowest BCUT2D eigenvalue weighted by Crippen LogP contribution is -2.39. The Morgan fingerprint density at radius 1 is 1.20 bits per heavy atom. The summed E-state index contributed by atoms with van der Waals surface area (Å²) < 4.78 is 0. The molecule has 0 amide bonds. The highest BCUT2D eigenvalue weighted by molar-refractivity contribution is 5.33. The van der Waals surface area contributed by atoms with Gasteiger partial charge in [-0.3, -0.25) is 4.90 Å². The Morgan fingerprint density at radius 2 is 2.05 bits per heavy atom. The Hall–Kier alpha value is -0.860. The minimum atomic E-state index is 0.856. The van der Waals surface area contributed by atoms with Crippen molar-refractivity contribution < 1.29 is 0 Å². The molecule has 0 radical (unpaired) electrons. The van der Waals surface area contributed by atoms with Crippen LogP contribution in [0.15, 0.2) is 18.2 Å². The molecule has 2 nitrogen and oxygen atoms in total. The van der Waals surface area contributed by atoms with Crippen LogP contribution in [0, 0.1) is 19.8 Å². The zero-order valence-electron chi connectivity index (χ0n) is 13.0. The van der Waals surface area contributed by atoms with Crippen LogP contribution < -0.4 is 5.32 Å². The van der Waals surface area contributed by atoms with Gasteiger partial charge in [0.05, 0.1) is 0 Å². The number of rotatable bonds is 5. The van der Waals surface area contributed by atoms with Crippen LogP contribution in [0.2, 0.25) is 0 Å². The molecule has 1 aliphatic carbocycles. The first-order valence-corrected chi connectivity index (χ1v) is 8.24. The van der Waals surface area contributed by atoms with Crippen molar-refractivity contribution in [1.29, 1.82) is 0 Å². The van der Waals surface area contributed by atoms with E-state index in [2.05, 4.69) is 42.3 Å². The van der Waals surface area contributed by atoms with Gasteiger partial charge >= 0.3 is 0 Å². The summed E-state index contributed by atoms with van der Waals surface area (Å²) in [6, 6.07) is 7.62. The fraction of sp³-hybridized carbons (Fsp3) is 0.667. The van der Waals surface area contributed by atoms with E-state index in [1.165, 1.54) is 62.0 Å². The monoisotopic (exact) mass is 272 g/mol. The molecular formula is C18H28N2. The number of hydrogen-bond donors (Lipinski definition) is 1. The molecule has 20 heavy (non-hydrogen) atoms. The van der Waals surface area contributed by atoms with Gasteiger partial charge in [0.2, 0.25) is 0 Å². The fourth-order valence-corrected chi connectivity index (χ4v) is 3.40. The molecule has 1 saturated carbocycles.